The maximum Gasteiger partial charge on any atom is 0.306 e. The van der Waals surface area contributed by atoms with Crippen LogP contribution in [0.25, 0.3) is 0 Å². The largest absolute Gasteiger partial charge is 0.450 e. The van der Waals surface area contributed by atoms with Crippen LogP contribution in [0.15, 0.2) is 23.3 Å². The first-order valence-electron chi connectivity index (χ1n) is 23.8. The quantitative estimate of drug-likeness (QED) is 0.180. The second-order valence-corrected chi connectivity index (χ2v) is 21.5. The number of carbonyl (C=O) groups excluding carboxylic acids is 6. The van der Waals surface area contributed by atoms with Gasteiger partial charge in [-0.1, -0.05) is 52.7 Å². The molecule has 0 aliphatic heterocycles. The fraction of sp³-hybridized carbons (Fsp3) is 0.800. The first-order chi connectivity index (χ1) is 29.3. The Kier molecular flexibility index (Phi) is 12.9. The van der Waals surface area contributed by atoms with Crippen LogP contribution >= 0.6 is 0 Å². The highest BCUT2D eigenvalue weighted by Crippen LogP contribution is 2.70. The lowest BCUT2D eigenvalue weighted by Gasteiger charge is -2.60. The molecule has 0 amide bonds. The summed E-state index contributed by atoms with van der Waals surface area (Å²) in [6.07, 6.45) is 13.0. The molecule has 8 aliphatic carbocycles. The van der Waals surface area contributed by atoms with Crippen molar-refractivity contribution in [1.29, 1.82) is 0 Å². The summed E-state index contributed by atoms with van der Waals surface area (Å²) in [6, 6.07) is 0. The first kappa shape index (κ1) is 46.9. The number of hydrogen-bond acceptors (Lipinski definition) is 12. The van der Waals surface area contributed by atoms with Gasteiger partial charge in [0.05, 0.1) is 12.2 Å². The number of aliphatic hydroxyl groups excluding tert-OH is 4. The number of fused-ring (bicyclic) bond motifs is 10. The smallest absolute Gasteiger partial charge is 0.306 e. The summed E-state index contributed by atoms with van der Waals surface area (Å²) in [6.45, 7) is 10.8. The van der Waals surface area contributed by atoms with Crippen LogP contribution in [0.5, 0.6) is 0 Å². The monoisotopic (exact) mass is 865 g/mol. The minimum atomic E-state index is -1.37. The van der Waals surface area contributed by atoms with Gasteiger partial charge in [-0.3, -0.25) is 28.8 Å². The standard InChI is InChI=1S/2C25H36O6/c2*1-4-5-21(30)31-25(20(29)14-26)11-9-18-17-7-6-15-12-16(27)8-10-23(15,2)22(17)19(28)13-24(18,25)3/h2*12,17-19,22,26,28H,4-11,13-14H2,1-3H3/t2*17-,18-,19-,22+,23-,24-,25-/m00/s1. The van der Waals surface area contributed by atoms with Crippen LogP contribution in [0, 0.1) is 57.2 Å². The molecule has 12 nitrogen and oxygen atoms in total. The molecule has 62 heavy (non-hydrogen) atoms. The van der Waals surface area contributed by atoms with E-state index >= 15 is 0 Å². The van der Waals surface area contributed by atoms with Crippen molar-refractivity contribution in [1.82, 2.24) is 0 Å². The third-order valence-corrected chi connectivity index (χ3v) is 18.7. The van der Waals surface area contributed by atoms with Crippen molar-refractivity contribution < 1.29 is 58.7 Å². The van der Waals surface area contributed by atoms with E-state index in [-0.39, 0.29) is 70.7 Å². The highest BCUT2D eigenvalue weighted by molar-refractivity contribution is 5.94. The maximum absolute atomic E-state index is 13.1. The molecule has 0 aromatic carbocycles. The first-order valence-corrected chi connectivity index (χ1v) is 23.8. The van der Waals surface area contributed by atoms with Crippen molar-refractivity contribution >= 4 is 35.1 Å². The molecule has 8 aliphatic rings. The summed E-state index contributed by atoms with van der Waals surface area (Å²) < 4.78 is 11.8. The summed E-state index contributed by atoms with van der Waals surface area (Å²) in [5, 5.41) is 42.5. The van der Waals surface area contributed by atoms with Crippen molar-refractivity contribution in [2.45, 2.75) is 181 Å². The lowest BCUT2D eigenvalue weighted by Crippen LogP contribution is -2.63. The lowest BCUT2D eigenvalue weighted by molar-refractivity contribution is -0.202. The number of ether oxygens (including phenoxy) is 2. The zero-order valence-corrected chi connectivity index (χ0v) is 38.0. The van der Waals surface area contributed by atoms with Gasteiger partial charge >= 0.3 is 11.9 Å². The second kappa shape index (κ2) is 17.1. The van der Waals surface area contributed by atoms with E-state index < -0.39 is 71.0 Å². The second-order valence-electron chi connectivity index (χ2n) is 21.5. The Balaban J connectivity index is 0.000000186. The van der Waals surface area contributed by atoms with Gasteiger partial charge in [-0.05, 0) is 148 Å². The van der Waals surface area contributed by atoms with Crippen LogP contribution in [0.3, 0.4) is 0 Å². The molecular weight excluding hydrogens is 793 g/mol. The van der Waals surface area contributed by atoms with E-state index in [1.165, 1.54) is 0 Å². The summed E-state index contributed by atoms with van der Waals surface area (Å²) in [5.41, 5.74) is -2.24. The van der Waals surface area contributed by atoms with Gasteiger partial charge in [0, 0.05) is 36.5 Å². The molecule has 0 heterocycles. The Hall–Kier alpha value is -3.06. The van der Waals surface area contributed by atoms with Gasteiger partial charge in [0.1, 0.15) is 13.2 Å². The SMILES string of the molecule is CCCC(=O)O[C@]1(C(=O)CO)CC[C@H]2[C@@H]3CCC4=CC(=O)CC[C@]4(C)[C@H]3[C@@H](O)C[C@@]21C.CCCC(=O)O[C@]1(C(=O)CO)CC[C@H]2[C@@H]3CCC4=CC(=O)CC[C@]4(C)[C@H]3[C@@H](O)C[C@@]21C. The molecule has 0 radical (unpaired) electrons. The molecule has 14 atom stereocenters. The van der Waals surface area contributed by atoms with Crippen LogP contribution in [-0.2, 0) is 38.2 Å². The Labute approximate surface area is 367 Å². The minimum absolute atomic E-state index is 0.0325. The Bertz CT molecular complexity index is 1770. The number of aliphatic hydroxyl groups is 4. The van der Waals surface area contributed by atoms with E-state index in [9.17, 15) is 49.2 Å². The van der Waals surface area contributed by atoms with Crippen LogP contribution in [0.1, 0.15) is 157 Å². The molecule has 0 bridgehead atoms. The molecule has 0 unspecified atom stereocenters. The highest BCUT2D eigenvalue weighted by Gasteiger charge is 2.72. The Morgan fingerprint density at radius 3 is 1.31 bits per heavy atom. The average molecular weight is 865 g/mol. The molecule has 344 valence electrons. The third-order valence-electron chi connectivity index (χ3n) is 18.7. The molecule has 0 spiro atoms. The van der Waals surface area contributed by atoms with E-state index in [1.54, 1.807) is 12.2 Å². The molecule has 0 saturated heterocycles. The van der Waals surface area contributed by atoms with Gasteiger partial charge in [0.2, 0.25) is 11.6 Å². The summed E-state index contributed by atoms with van der Waals surface area (Å²) in [7, 11) is 0. The van der Waals surface area contributed by atoms with Crippen LogP contribution < -0.4 is 0 Å². The molecule has 6 fully saturated rings. The number of carbonyl (C=O) groups is 6. The summed E-state index contributed by atoms with van der Waals surface area (Å²) in [5.74, 6) is -0.640. The van der Waals surface area contributed by atoms with Crippen LogP contribution in [0.4, 0.5) is 0 Å². The molecule has 0 aromatic heterocycles. The molecule has 4 N–H and O–H groups in total. The van der Waals surface area contributed by atoms with Gasteiger partial charge in [-0.15, -0.1) is 0 Å². The number of Topliss-reactive ketones (excluding diaryl/α,β-unsaturated/α-hetero) is 2. The predicted molar refractivity (Wildman–Crippen MR) is 228 cm³/mol. The van der Waals surface area contributed by atoms with Crippen molar-refractivity contribution in [3.63, 3.8) is 0 Å². The Morgan fingerprint density at radius 2 is 0.968 bits per heavy atom. The fourth-order valence-corrected chi connectivity index (χ4v) is 15.9. The molecule has 8 rings (SSSR count). The van der Waals surface area contributed by atoms with E-state index in [1.807, 2.05) is 27.7 Å². The predicted octanol–water partition coefficient (Wildman–Crippen LogP) is 6.27. The van der Waals surface area contributed by atoms with Gasteiger partial charge in [0.15, 0.2) is 22.8 Å². The van der Waals surface area contributed by atoms with Gasteiger partial charge < -0.3 is 29.9 Å². The highest BCUT2D eigenvalue weighted by atomic mass is 16.6. The van der Waals surface area contributed by atoms with E-state index in [4.69, 9.17) is 9.47 Å². The molecule has 6 saturated carbocycles. The summed E-state index contributed by atoms with van der Waals surface area (Å²) in [4.78, 5) is 75.3. The molecule has 0 aromatic rings. The zero-order valence-electron chi connectivity index (χ0n) is 38.0. The number of ketones is 4. The van der Waals surface area contributed by atoms with Crippen LogP contribution in [-0.4, -0.2) is 92.1 Å². The van der Waals surface area contributed by atoms with Crippen molar-refractivity contribution in [3.05, 3.63) is 23.3 Å². The van der Waals surface area contributed by atoms with Crippen molar-refractivity contribution in [2.75, 3.05) is 13.2 Å². The van der Waals surface area contributed by atoms with E-state index in [0.29, 0.717) is 51.4 Å². The van der Waals surface area contributed by atoms with Gasteiger partial charge in [0.25, 0.3) is 0 Å². The number of allylic oxidation sites excluding steroid dienone is 2. The van der Waals surface area contributed by atoms with E-state index in [2.05, 4.69) is 13.8 Å². The normalized spacial score (nSPS) is 44.0. The maximum atomic E-state index is 13.1. The van der Waals surface area contributed by atoms with Gasteiger partial charge in [-0.2, -0.15) is 0 Å². The summed E-state index contributed by atoms with van der Waals surface area (Å²) >= 11 is 0. The lowest BCUT2D eigenvalue weighted by atomic mass is 9.45. The number of esters is 2. The average Bonchev–Trinajstić information content (AvgIpc) is 3.67. The van der Waals surface area contributed by atoms with Gasteiger partial charge in [-0.25, -0.2) is 0 Å². The Morgan fingerprint density at radius 1 is 0.597 bits per heavy atom. The zero-order chi connectivity index (χ0) is 45.2. The molecule has 12 heteroatoms. The van der Waals surface area contributed by atoms with Crippen molar-refractivity contribution in [2.24, 2.45) is 57.2 Å². The minimum Gasteiger partial charge on any atom is -0.450 e. The van der Waals surface area contributed by atoms with Crippen LogP contribution in [0.2, 0.25) is 0 Å². The third kappa shape index (κ3) is 7.05. The number of hydrogen-bond donors (Lipinski definition) is 4. The topological polar surface area (TPSA) is 202 Å². The van der Waals surface area contributed by atoms with E-state index in [0.717, 1.165) is 62.5 Å². The fourth-order valence-electron chi connectivity index (χ4n) is 15.9. The van der Waals surface area contributed by atoms with Crippen molar-refractivity contribution in [3.8, 4) is 0 Å². The molecular formula is C50H72O12. The number of rotatable bonds is 10.